The Labute approximate surface area is 123 Å². The van der Waals surface area contributed by atoms with Crippen molar-refractivity contribution in [2.24, 2.45) is 0 Å². The third-order valence-corrected chi connectivity index (χ3v) is 4.70. The van der Waals surface area contributed by atoms with Crippen LogP contribution in [0.15, 0.2) is 18.2 Å². The maximum atomic E-state index is 5.67. The highest BCUT2D eigenvalue weighted by Crippen LogP contribution is 2.42. The number of ether oxygens (including phenoxy) is 1. The zero-order chi connectivity index (χ0) is 14.4. The Morgan fingerprint density at radius 2 is 1.85 bits per heavy atom. The molecule has 2 rings (SSSR count). The molecule has 1 N–H and O–H groups in total. The van der Waals surface area contributed by atoms with Crippen LogP contribution in [0.1, 0.15) is 56.6 Å². The van der Waals surface area contributed by atoms with Crippen LogP contribution in [0.25, 0.3) is 0 Å². The van der Waals surface area contributed by atoms with E-state index in [-0.39, 0.29) is 5.41 Å². The maximum Gasteiger partial charge on any atom is 0.122 e. The van der Waals surface area contributed by atoms with Crippen molar-refractivity contribution < 1.29 is 4.74 Å². The van der Waals surface area contributed by atoms with Crippen molar-refractivity contribution in [1.82, 2.24) is 5.32 Å². The molecule has 0 heterocycles. The van der Waals surface area contributed by atoms with Gasteiger partial charge in [-0.2, -0.15) is 0 Å². The molecular formula is C18H29NO. The van der Waals surface area contributed by atoms with E-state index in [2.05, 4.69) is 37.4 Å². The van der Waals surface area contributed by atoms with Crippen LogP contribution >= 0.6 is 0 Å². The van der Waals surface area contributed by atoms with Gasteiger partial charge in [-0.3, -0.25) is 0 Å². The highest BCUT2D eigenvalue weighted by Gasteiger charge is 2.34. The SMILES string of the molecule is CCNCC1(c2cc(C)ccc2OC)CCCCCC1. The molecule has 0 amide bonds. The predicted molar refractivity (Wildman–Crippen MR) is 85.7 cm³/mol. The number of nitrogens with one attached hydrogen (secondary N) is 1. The molecule has 0 atom stereocenters. The number of methoxy groups -OCH3 is 1. The van der Waals surface area contributed by atoms with Crippen molar-refractivity contribution in [1.29, 1.82) is 0 Å². The molecule has 0 aromatic heterocycles. The van der Waals surface area contributed by atoms with E-state index < -0.39 is 0 Å². The minimum Gasteiger partial charge on any atom is -0.496 e. The first-order valence-electron chi connectivity index (χ1n) is 8.08. The minimum absolute atomic E-state index is 0.254. The van der Waals surface area contributed by atoms with Crippen LogP contribution in [0.5, 0.6) is 5.75 Å². The van der Waals surface area contributed by atoms with Gasteiger partial charge in [-0.25, -0.2) is 0 Å². The van der Waals surface area contributed by atoms with Crippen molar-refractivity contribution in [3.63, 3.8) is 0 Å². The average Bonchev–Trinajstić information content (AvgIpc) is 2.71. The summed E-state index contributed by atoms with van der Waals surface area (Å²) in [5, 5.41) is 3.60. The van der Waals surface area contributed by atoms with E-state index in [0.717, 1.165) is 18.8 Å². The summed E-state index contributed by atoms with van der Waals surface area (Å²) in [4.78, 5) is 0. The Kier molecular flexibility index (Phi) is 5.47. The van der Waals surface area contributed by atoms with Gasteiger partial charge in [0.25, 0.3) is 0 Å². The van der Waals surface area contributed by atoms with E-state index in [1.807, 2.05) is 0 Å². The molecule has 0 unspecified atom stereocenters. The second-order valence-corrected chi connectivity index (χ2v) is 6.18. The van der Waals surface area contributed by atoms with Gasteiger partial charge in [-0.15, -0.1) is 0 Å². The van der Waals surface area contributed by atoms with Gasteiger partial charge >= 0.3 is 0 Å². The van der Waals surface area contributed by atoms with Gasteiger partial charge in [0.05, 0.1) is 7.11 Å². The minimum atomic E-state index is 0.254. The summed E-state index contributed by atoms with van der Waals surface area (Å²) in [7, 11) is 1.80. The zero-order valence-corrected chi connectivity index (χ0v) is 13.3. The third-order valence-electron chi connectivity index (χ3n) is 4.70. The summed E-state index contributed by atoms with van der Waals surface area (Å²) in [5.74, 6) is 1.07. The standard InChI is InChI=1S/C18H29NO/c1-4-19-14-18(11-7-5-6-8-12-18)16-13-15(2)9-10-17(16)20-3/h9-10,13,19H,4-8,11-12,14H2,1-3H3. The fraction of sp³-hybridized carbons (Fsp3) is 0.667. The van der Waals surface area contributed by atoms with E-state index in [4.69, 9.17) is 4.74 Å². The third kappa shape index (κ3) is 3.35. The number of rotatable bonds is 5. The Balaban J connectivity index is 2.41. The summed E-state index contributed by atoms with van der Waals surface area (Å²) in [6, 6.07) is 6.64. The van der Waals surface area contributed by atoms with Crippen molar-refractivity contribution >= 4 is 0 Å². The summed E-state index contributed by atoms with van der Waals surface area (Å²) in [6.45, 7) is 6.48. The number of likely N-dealkylation sites (N-methyl/N-ethyl adjacent to an activating group) is 1. The Morgan fingerprint density at radius 1 is 1.15 bits per heavy atom. The molecule has 0 aliphatic heterocycles. The summed E-state index contributed by atoms with van der Waals surface area (Å²) < 4.78 is 5.67. The van der Waals surface area contributed by atoms with Gasteiger partial charge in [0.15, 0.2) is 0 Å². The first kappa shape index (κ1) is 15.4. The van der Waals surface area contributed by atoms with E-state index >= 15 is 0 Å². The van der Waals surface area contributed by atoms with Crippen LogP contribution in [0, 0.1) is 6.92 Å². The van der Waals surface area contributed by atoms with Crippen LogP contribution in [0.4, 0.5) is 0 Å². The molecule has 0 bridgehead atoms. The molecule has 1 aliphatic rings. The molecule has 1 aromatic carbocycles. The maximum absolute atomic E-state index is 5.67. The first-order valence-corrected chi connectivity index (χ1v) is 8.08. The quantitative estimate of drug-likeness (QED) is 0.813. The molecular weight excluding hydrogens is 246 g/mol. The molecule has 20 heavy (non-hydrogen) atoms. The van der Waals surface area contributed by atoms with Crippen molar-refractivity contribution in [3.05, 3.63) is 29.3 Å². The molecule has 0 radical (unpaired) electrons. The molecule has 1 fully saturated rings. The fourth-order valence-electron chi connectivity index (χ4n) is 3.55. The number of hydrogen-bond donors (Lipinski definition) is 1. The highest BCUT2D eigenvalue weighted by molar-refractivity contribution is 5.43. The fourth-order valence-corrected chi connectivity index (χ4v) is 3.55. The lowest BCUT2D eigenvalue weighted by atomic mass is 9.73. The van der Waals surface area contributed by atoms with E-state index in [1.54, 1.807) is 7.11 Å². The van der Waals surface area contributed by atoms with Gasteiger partial charge in [0.2, 0.25) is 0 Å². The summed E-state index contributed by atoms with van der Waals surface area (Å²) >= 11 is 0. The lowest BCUT2D eigenvalue weighted by Crippen LogP contribution is -2.38. The Morgan fingerprint density at radius 3 is 2.45 bits per heavy atom. The Bertz CT molecular complexity index is 419. The number of benzene rings is 1. The molecule has 2 nitrogen and oxygen atoms in total. The second kappa shape index (κ2) is 7.12. The molecule has 112 valence electrons. The van der Waals surface area contributed by atoms with Gasteiger partial charge in [-0.1, -0.05) is 50.3 Å². The molecule has 1 aliphatic carbocycles. The summed E-state index contributed by atoms with van der Waals surface area (Å²) in [5.41, 5.74) is 3.01. The van der Waals surface area contributed by atoms with Crippen LogP contribution in [0.2, 0.25) is 0 Å². The van der Waals surface area contributed by atoms with Crippen LogP contribution in [-0.4, -0.2) is 20.2 Å². The monoisotopic (exact) mass is 275 g/mol. The Hall–Kier alpha value is -1.02. The smallest absolute Gasteiger partial charge is 0.122 e. The van der Waals surface area contributed by atoms with Crippen molar-refractivity contribution in [2.45, 2.75) is 57.8 Å². The van der Waals surface area contributed by atoms with E-state index in [0.29, 0.717) is 0 Å². The number of hydrogen-bond acceptors (Lipinski definition) is 2. The van der Waals surface area contributed by atoms with Crippen LogP contribution < -0.4 is 10.1 Å². The zero-order valence-electron chi connectivity index (χ0n) is 13.3. The summed E-state index contributed by atoms with van der Waals surface area (Å²) in [6.07, 6.45) is 7.98. The largest absolute Gasteiger partial charge is 0.496 e. The molecule has 1 saturated carbocycles. The lowest BCUT2D eigenvalue weighted by molar-refractivity contribution is 0.327. The van der Waals surface area contributed by atoms with Crippen LogP contribution in [0.3, 0.4) is 0 Å². The molecule has 0 saturated heterocycles. The van der Waals surface area contributed by atoms with Crippen LogP contribution in [-0.2, 0) is 5.41 Å². The second-order valence-electron chi connectivity index (χ2n) is 6.18. The van der Waals surface area contributed by atoms with E-state index in [1.165, 1.54) is 49.7 Å². The van der Waals surface area contributed by atoms with Crippen molar-refractivity contribution in [3.8, 4) is 5.75 Å². The molecule has 0 spiro atoms. The average molecular weight is 275 g/mol. The topological polar surface area (TPSA) is 21.3 Å². The highest BCUT2D eigenvalue weighted by atomic mass is 16.5. The normalized spacial score (nSPS) is 18.6. The predicted octanol–water partition coefficient (Wildman–Crippen LogP) is 4.21. The van der Waals surface area contributed by atoms with Gasteiger partial charge in [0, 0.05) is 17.5 Å². The van der Waals surface area contributed by atoms with Gasteiger partial charge < -0.3 is 10.1 Å². The number of aryl methyl sites for hydroxylation is 1. The van der Waals surface area contributed by atoms with Crippen molar-refractivity contribution in [2.75, 3.05) is 20.2 Å². The molecule has 2 heteroatoms. The van der Waals surface area contributed by atoms with E-state index in [9.17, 15) is 0 Å². The lowest BCUT2D eigenvalue weighted by Gasteiger charge is -2.35. The van der Waals surface area contributed by atoms with Gasteiger partial charge in [-0.05, 0) is 32.4 Å². The van der Waals surface area contributed by atoms with Gasteiger partial charge in [0.1, 0.15) is 5.75 Å². The molecule has 1 aromatic rings. The first-order chi connectivity index (χ1) is 9.72.